The predicted octanol–water partition coefficient (Wildman–Crippen LogP) is 1.21. The zero-order chi connectivity index (χ0) is 11.5. The van der Waals surface area contributed by atoms with Crippen LogP contribution in [0.1, 0.15) is 27.7 Å². The molecule has 4 nitrogen and oxygen atoms in total. The van der Waals surface area contributed by atoms with Crippen LogP contribution in [-0.2, 0) is 29.1 Å². The summed E-state index contributed by atoms with van der Waals surface area (Å²) in [5.41, 5.74) is -1.29. The molecule has 0 fully saturated rings. The summed E-state index contributed by atoms with van der Waals surface area (Å²) in [6.07, 6.45) is 0. The van der Waals surface area contributed by atoms with E-state index in [1.807, 2.05) is 0 Å². The van der Waals surface area contributed by atoms with Crippen molar-refractivity contribution >= 4 is 29.3 Å². The smallest absolute Gasteiger partial charge is 0.259 e. The Morgan fingerprint density at radius 2 is 1.80 bits per heavy atom. The molecule has 0 rings (SSSR count). The fraction of sp³-hybridized carbons (Fsp3) is 0.667. The Hall–Kier alpha value is -0.187. The molecule has 0 spiro atoms. The molecule has 0 aliphatic carbocycles. The summed E-state index contributed by atoms with van der Waals surface area (Å²) in [7, 11) is 0. The summed E-state index contributed by atoms with van der Waals surface area (Å²) in [5, 5.41) is 10.8. The van der Waals surface area contributed by atoms with Crippen molar-refractivity contribution in [3.8, 4) is 0 Å². The Morgan fingerprint density at radius 1 is 1.40 bits per heavy atom. The molecular weight excluding hydrogens is 268 g/mol. The standard InChI is InChI=1S/C9H15NO3S.Zn/c1-6(2)10(13)8(12)9(3,4)7(11)5-14;/h5-6,13H,1-4H3;. The Kier molecular flexibility index (Phi) is 7.35. The van der Waals surface area contributed by atoms with Crippen LogP contribution in [0.15, 0.2) is 0 Å². The molecule has 1 amide bonds. The molecule has 15 heavy (non-hydrogen) atoms. The minimum Gasteiger partial charge on any atom is -0.293 e. The average molecular weight is 283 g/mol. The van der Waals surface area contributed by atoms with E-state index in [1.54, 1.807) is 13.8 Å². The van der Waals surface area contributed by atoms with Gasteiger partial charge in [-0.05, 0) is 27.7 Å². The largest absolute Gasteiger partial charge is 0.293 e. The Morgan fingerprint density at radius 3 is 2.07 bits per heavy atom. The normalized spacial score (nSPS) is 10.5. The average Bonchev–Trinajstić information content (AvgIpc) is 2.13. The van der Waals surface area contributed by atoms with Crippen LogP contribution < -0.4 is 0 Å². The zero-order valence-electron chi connectivity index (χ0n) is 9.48. The maximum absolute atomic E-state index is 11.6. The number of nitrogens with zero attached hydrogens (tertiary/aromatic N) is 1. The van der Waals surface area contributed by atoms with Crippen molar-refractivity contribution in [2.45, 2.75) is 33.7 Å². The van der Waals surface area contributed by atoms with Crippen molar-refractivity contribution in [2.75, 3.05) is 0 Å². The summed E-state index contributed by atoms with van der Waals surface area (Å²) >= 11 is 4.47. The molecule has 1 N–H and O–H groups in total. The minimum atomic E-state index is -1.29. The molecule has 0 aromatic heterocycles. The van der Waals surface area contributed by atoms with Crippen LogP contribution in [0.2, 0.25) is 0 Å². The van der Waals surface area contributed by atoms with Gasteiger partial charge in [-0.2, -0.15) is 0 Å². The van der Waals surface area contributed by atoms with Crippen LogP contribution in [0.25, 0.3) is 0 Å². The van der Waals surface area contributed by atoms with Crippen LogP contribution in [0.4, 0.5) is 0 Å². The molecule has 0 aliphatic heterocycles. The number of carbonyl (C=O) groups excluding carboxylic acids is 2. The molecule has 6 heteroatoms. The fourth-order valence-electron chi connectivity index (χ4n) is 0.774. The second kappa shape index (κ2) is 6.41. The SMILES string of the molecule is CC(C)N(O)C(=O)C(C)(C)C(=O)C=S.[Zn]. The molecular formula is C9H15NO3SZn. The number of ketones is 1. The van der Waals surface area contributed by atoms with Crippen molar-refractivity contribution in [1.82, 2.24) is 5.06 Å². The number of rotatable bonds is 4. The molecule has 0 saturated carbocycles. The first-order valence-corrected chi connectivity index (χ1v) is 4.74. The first-order valence-electron chi connectivity index (χ1n) is 4.27. The molecule has 0 saturated heterocycles. The van der Waals surface area contributed by atoms with E-state index in [-0.39, 0.29) is 25.5 Å². The molecule has 0 unspecified atom stereocenters. The fourth-order valence-corrected chi connectivity index (χ4v) is 1.07. The molecule has 0 atom stereocenters. The molecule has 0 aliphatic rings. The first-order chi connectivity index (χ1) is 6.25. The van der Waals surface area contributed by atoms with Gasteiger partial charge in [0.25, 0.3) is 5.91 Å². The third kappa shape index (κ3) is 4.05. The van der Waals surface area contributed by atoms with Gasteiger partial charge in [0.1, 0.15) is 5.41 Å². The summed E-state index contributed by atoms with van der Waals surface area (Å²) in [6, 6.07) is -0.361. The summed E-state index contributed by atoms with van der Waals surface area (Å²) in [5.74, 6) is -1.11. The number of hydroxylamine groups is 2. The van der Waals surface area contributed by atoms with E-state index in [1.165, 1.54) is 13.8 Å². The van der Waals surface area contributed by atoms with E-state index in [9.17, 15) is 14.8 Å². The van der Waals surface area contributed by atoms with Gasteiger partial charge in [-0.1, -0.05) is 12.2 Å². The van der Waals surface area contributed by atoms with Crippen LogP contribution in [0.3, 0.4) is 0 Å². The second-order valence-electron chi connectivity index (χ2n) is 3.85. The van der Waals surface area contributed by atoms with E-state index in [4.69, 9.17) is 0 Å². The molecule has 0 aromatic carbocycles. The van der Waals surface area contributed by atoms with Crippen molar-refractivity contribution in [3.63, 3.8) is 0 Å². The Labute approximate surface area is 108 Å². The Balaban J connectivity index is 0. The predicted molar refractivity (Wildman–Crippen MR) is 56.2 cm³/mol. The van der Waals surface area contributed by atoms with Crippen LogP contribution in [0.5, 0.6) is 0 Å². The van der Waals surface area contributed by atoms with Crippen molar-refractivity contribution in [1.29, 1.82) is 0 Å². The minimum absolute atomic E-state index is 0. The maximum atomic E-state index is 11.6. The van der Waals surface area contributed by atoms with Crippen molar-refractivity contribution < 1.29 is 34.3 Å². The van der Waals surface area contributed by atoms with Gasteiger partial charge in [0.05, 0.1) is 6.04 Å². The second-order valence-corrected chi connectivity index (χ2v) is 4.09. The van der Waals surface area contributed by atoms with Gasteiger partial charge < -0.3 is 0 Å². The summed E-state index contributed by atoms with van der Waals surface area (Å²) < 4.78 is 0. The van der Waals surface area contributed by atoms with E-state index >= 15 is 0 Å². The number of hydrogen-bond donors (Lipinski definition) is 1. The van der Waals surface area contributed by atoms with Gasteiger partial charge >= 0.3 is 0 Å². The van der Waals surface area contributed by atoms with Crippen molar-refractivity contribution in [3.05, 3.63) is 0 Å². The molecule has 0 aromatic rings. The maximum Gasteiger partial charge on any atom is 0.259 e. The topological polar surface area (TPSA) is 57.6 Å². The van der Waals surface area contributed by atoms with Gasteiger partial charge in [0, 0.05) is 24.8 Å². The molecule has 0 radical (unpaired) electrons. The van der Waals surface area contributed by atoms with E-state index in [0.29, 0.717) is 5.06 Å². The molecule has 82 valence electrons. The number of amides is 1. The Bertz CT molecular complexity index is 266. The van der Waals surface area contributed by atoms with Crippen molar-refractivity contribution in [2.24, 2.45) is 5.41 Å². The van der Waals surface area contributed by atoms with E-state index in [2.05, 4.69) is 12.2 Å². The van der Waals surface area contributed by atoms with Crippen LogP contribution in [0, 0.1) is 5.41 Å². The monoisotopic (exact) mass is 281 g/mol. The number of carbonyl (C=O) groups is 2. The number of thiocarbonyl (C=S) groups is 1. The zero-order valence-corrected chi connectivity index (χ0v) is 13.3. The van der Waals surface area contributed by atoms with Gasteiger partial charge in [0.2, 0.25) is 0 Å². The number of hydrogen-bond acceptors (Lipinski definition) is 4. The number of Topliss-reactive ketones (excluding diaryl/α,β-unsaturated/α-hetero) is 1. The third-order valence-corrected chi connectivity index (χ3v) is 2.17. The van der Waals surface area contributed by atoms with Gasteiger partial charge in [0.15, 0.2) is 5.78 Å². The van der Waals surface area contributed by atoms with Crippen LogP contribution in [-0.4, -0.2) is 33.4 Å². The molecule has 0 bridgehead atoms. The molecule has 0 heterocycles. The summed E-state index contributed by atoms with van der Waals surface area (Å²) in [6.45, 7) is 6.17. The van der Waals surface area contributed by atoms with E-state index < -0.39 is 17.1 Å². The first kappa shape index (κ1) is 17.2. The summed E-state index contributed by atoms with van der Waals surface area (Å²) in [4.78, 5) is 22.9. The van der Waals surface area contributed by atoms with Gasteiger partial charge in [-0.25, -0.2) is 5.06 Å². The van der Waals surface area contributed by atoms with Crippen LogP contribution >= 0.6 is 12.2 Å². The third-order valence-electron chi connectivity index (χ3n) is 1.95. The van der Waals surface area contributed by atoms with Gasteiger partial charge in [-0.3, -0.25) is 14.8 Å². The quantitative estimate of drug-likeness (QED) is 0.277. The van der Waals surface area contributed by atoms with E-state index in [0.717, 1.165) is 5.37 Å². The van der Waals surface area contributed by atoms with Gasteiger partial charge in [-0.15, -0.1) is 0 Å².